The number of nitrogens with one attached hydrogen (secondary N) is 1. The monoisotopic (exact) mass is 363 g/mol. The van der Waals surface area contributed by atoms with Crippen LogP contribution in [0, 0.1) is 5.82 Å². The van der Waals surface area contributed by atoms with E-state index in [1.54, 1.807) is 6.07 Å². The third-order valence-electron chi connectivity index (χ3n) is 3.49. The summed E-state index contributed by atoms with van der Waals surface area (Å²) in [6, 6.07) is 6.81. The van der Waals surface area contributed by atoms with Crippen LogP contribution in [-0.4, -0.2) is 42.4 Å². The third kappa shape index (κ3) is 4.88. The van der Waals surface area contributed by atoms with E-state index in [2.05, 4.69) is 15.2 Å². The second-order valence-corrected chi connectivity index (χ2v) is 5.24. The molecule has 2 aromatic rings. The van der Waals surface area contributed by atoms with Crippen molar-refractivity contribution < 1.29 is 23.5 Å². The molecule has 0 aliphatic heterocycles. The van der Waals surface area contributed by atoms with Gasteiger partial charge >= 0.3 is 5.97 Å². The van der Waals surface area contributed by atoms with Crippen LogP contribution in [0.4, 0.5) is 4.39 Å². The Morgan fingerprint density at radius 2 is 2.00 bits per heavy atom. The molecule has 0 bridgehead atoms. The fourth-order valence-corrected chi connectivity index (χ4v) is 2.13. The molecule has 0 unspecified atom stereocenters. The Labute approximate surface area is 148 Å². The maximum absolute atomic E-state index is 14.2. The molecule has 0 radical (unpaired) electrons. The van der Waals surface area contributed by atoms with Gasteiger partial charge < -0.3 is 14.8 Å². The summed E-state index contributed by atoms with van der Waals surface area (Å²) in [5, 5.41) is 6.51. The van der Waals surface area contributed by atoms with Crippen LogP contribution in [0.2, 0.25) is 0 Å². The Bertz CT molecular complexity index is 866. The van der Waals surface area contributed by atoms with Gasteiger partial charge in [-0.05, 0) is 18.2 Å². The highest BCUT2D eigenvalue weighted by Gasteiger charge is 2.12. The lowest BCUT2D eigenvalue weighted by Gasteiger charge is -2.09. The summed E-state index contributed by atoms with van der Waals surface area (Å²) < 4.78 is 24.5. The van der Waals surface area contributed by atoms with Gasteiger partial charge in [-0.3, -0.25) is 14.4 Å². The molecule has 1 heterocycles. The standard InChI is InChI=1S/C17H18FN3O5/c1-25-11-3-4-12(13(18)9-11)14-5-6-16(23)21(20-14)10-15(22)19-8-7-17(24)26-2/h3-6,9H,7-8,10H2,1-2H3,(H,19,22). The van der Waals surface area contributed by atoms with Crippen molar-refractivity contribution in [2.24, 2.45) is 0 Å². The Kier molecular flexibility index (Phi) is 6.42. The van der Waals surface area contributed by atoms with E-state index in [0.717, 1.165) is 4.68 Å². The van der Waals surface area contributed by atoms with Crippen molar-refractivity contribution in [2.75, 3.05) is 20.8 Å². The molecule has 1 aromatic heterocycles. The summed E-state index contributed by atoms with van der Waals surface area (Å²) in [5.74, 6) is -1.18. The van der Waals surface area contributed by atoms with E-state index in [4.69, 9.17) is 4.74 Å². The van der Waals surface area contributed by atoms with Crippen molar-refractivity contribution in [3.05, 3.63) is 46.5 Å². The third-order valence-corrected chi connectivity index (χ3v) is 3.49. The molecule has 0 spiro atoms. The molecule has 0 atom stereocenters. The molecule has 138 valence electrons. The Morgan fingerprint density at radius 1 is 1.23 bits per heavy atom. The number of benzene rings is 1. The van der Waals surface area contributed by atoms with Crippen LogP contribution in [0.25, 0.3) is 11.3 Å². The zero-order valence-electron chi connectivity index (χ0n) is 14.3. The summed E-state index contributed by atoms with van der Waals surface area (Å²) in [6.07, 6.45) is 0.0155. The minimum atomic E-state index is -0.565. The Morgan fingerprint density at radius 3 is 2.65 bits per heavy atom. The number of esters is 1. The van der Waals surface area contributed by atoms with Crippen LogP contribution in [-0.2, 0) is 20.9 Å². The lowest BCUT2D eigenvalue weighted by Crippen LogP contribution is -2.34. The van der Waals surface area contributed by atoms with E-state index in [9.17, 15) is 18.8 Å². The lowest BCUT2D eigenvalue weighted by atomic mass is 10.1. The number of hydrogen-bond acceptors (Lipinski definition) is 6. The molecule has 26 heavy (non-hydrogen) atoms. The fourth-order valence-electron chi connectivity index (χ4n) is 2.13. The number of ether oxygens (including phenoxy) is 2. The topological polar surface area (TPSA) is 99.5 Å². The van der Waals surface area contributed by atoms with Crippen molar-refractivity contribution in [1.29, 1.82) is 0 Å². The zero-order valence-corrected chi connectivity index (χ0v) is 14.3. The molecule has 0 aliphatic carbocycles. The summed E-state index contributed by atoms with van der Waals surface area (Å²) in [4.78, 5) is 34.8. The number of nitrogens with zero attached hydrogens (tertiary/aromatic N) is 2. The van der Waals surface area contributed by atoms with Gasteiger partial charge in [0.2, 0.25) is 5.91 Å². The van der Waals surface area contributed by atoms with Crippen molar-refractivity contribution in [3.63, 3.8) is 0 Å². The van der Waals surface area contributed by atoms with Gasteiger partial charge in [-0.2, -0.15) is 5.10 Å². The van der Waals surface area contributed by atoms with Crippen LogP contribution in [0.3, 0.4) is 0 Å². The molecule has 0 aliphatic rings. The molecule has 1 N–H and O–H groups in total. The second kappa shape index (κ2) is 8.75. The molecular formula is C17H18FN3O5. The van der Waals surface area contributed by atoms with Gasteiger partial charge in [0.1, 0.15) is 18.1 Å². The number of methoxy groups -OCH3 is 2. The first-order chi connectivity index (χ1) is 12.4. The second-order valence-electron chi connectivity index (χ2n) is 5.24. The molecule has 2 rings (SSSR count). The number of aromatic nitrogens is 2. The number of rotatable bonds is 7. The summed E-state index contributed by atoms with van der Waals surface area (Å²) >= 11 is 0. The lowest BCUT2D eigenvalue weighted by molar-refractivity contribution is -0.140. The number of halogens is 1. The minimum Gasteiger partial charge on any atom is -0.497 e. The SMILES string of the molecule is COC(=O)CCNC(=O)Cn1nc(-c2ccc(OC)cc2F)ccc1=O. The van der Waals surface area contributed by atoms with Crippen LogP contribution >= 0.6 is 0 Å². The van der Waals surface area contributed by atoms with Gasteiger partial charge in [0.15, 0.2) is 0 Å². The number of carbonyl (C=O) groups is 2. The fraction of sp³-hybridized carbons (Fsp3) is 0.294. The number of amides is 1. The molecule has 9 heteroatoms. The van der Waals surface area contributed by atoms with E-state index in [0.29, 0.717) is 5.75 Å². The first kappa shape index (κ1) is 19.1. The van der Waals surface area contributed by atoms with E-state index in [1.807, 2.05) is 0 Å². The van der Waals surface area contributed by atoms with Crippen molar-refractivity contribution in [1.82, 2.24) is 15.1 Å². The Balaban J connectivity index is 2.13. The van der Waals surface area contributed by atoms with Gasteiger partial charge in [0.05, 0.1) is 26.3 Å². The summed E-state index contributed by atoms with van der Waals surface area (Å²) in [5.41, 5.74) is -0.136. The van der Waals surface area contributed by atoms with E-state index in [1.165, 1.54) is 38.5 Å². The van der Waals surface area contributed by atoms with Crippen LogP contribution in [0.1, 0.15) is 6.42 Å². The maximum Gasteiger partial charge on any atom is 0.307 e. The predicted molar refractivity (Wildman–Crippen MR) is 90.1 cm³/mol. The van der Waals surface area contributed by atoms with Gasteiger partial charge in [-0.15, -0.1) is 0 Å². The summed E-state index contributed by atoms with van der Waals surface area (Å²) in [7, 11) is 2.67. The predicted octanol–water partition coefficient (Wildman–Crippen LogP) is 0.737. The quantitative estimate of drug-likeness (QED) is 0.729. The number of carbonyl (C=O) groups excluding carboxylic acids is 2. The highest BCUT2D eigenvalue weighted by molar-refractivity contribution is 5.76. The largest absolute Gasteiger partial charge is 0.497 e. The van der Waals surface area contributed by atoms with E-state index < -0.39 is 23.3 Å². The minimum absolute atomic E-state index is 0.0155. The normalized spacial score (nSPS) is 10.3. The highest BCUT2D eigenvalue weighted by Crippen LogP contribution is 2.23. The van der Waals surface area contributed by atoms with E-state index in [-0.39, 0.29) is 30.8 Å². The molecule has 8 nitrogen and oxygen atoms in total. The molecular weight excluding hydrogens is 345 g/mol. The average Bonchev–Trinajstić information content (AvgIpc) is 2.63. The maximum atomic E-state index is 14.2. The smallest absolute Gasteiger partial charge is 0.307 e. The Hall–Kier alpha value is -3.23. The zero-order chi connectivity index (χ0) is 19.1. The molecule has 0 fully saturated rings. The average molecular weight is 363 g/mol. The number of hydrogen-bond donors (Lipinski definition) is 1. The molecule has 1 aromatic carbocycles. The molecule has 0 saturated carbocycles. The highest BCUT2D eigenvalue weighted by atomic mass is 19.1. The molecule has 1 amide bonds. The van der Waals surface area contributed by atoms with Crippen LogP contribution < -0.4 is 15.6 Å². The van der Waals surface area contributed by atoms with Crippen LogP contribution in [0.15, 0.2) is 35.1 Å². The first-order valence-electron chi connectivity index (χ1n) is 7.70. The first-order valence-corrected chi connectivity index (χ1v) is 7.70. The van der Waals surface area contributed by atoms with Gasteiger partial charge in [0.25, 0.3) is 5.56 Å². The summed E-state index contributed by atoms with van der Waals surface area (Å²) in [6.45, 7) is -0.279. The van der Waals surface area contributed by atoms with Crippen molar-refractivity contribution >= 4 is 11.9 Å². The molecule has 0 saturated heterocycles. The van der Waals surface area contributed by atoms with Gasteiger partial charge in [-0.25, -0.2) is 9.07 Å². The van der Waals surface area contributed by atoms with Gasteiger partial charge in [-0.1, -0.05) is 0 Å². The van der Waals surface area contributed by atoms with Gasteiger partial charge in [0, 0.05) is 24.2 Å². The van der Waals surface area contributed by atoms with Crippen molar-refractivity contribution in [2.45, 2.75) is 13.0 Å². The van der Waals surface area contributed by atoms with E-state index >= 15 is 0 Å². The van der Waals surface area contributed by atoms with Crippen molar-refractivity contribution in [3.8, 4) is 17.0 Å². The van der Waals surface area contributed by atoms with Crippen LogP contribution in [0.5, 0.6) is 5.75 Å².